The zero-order chi connectivity index (χ0) is 13.7. The summed E-state index contributed by atoms with van der Waals surface area (Å²) >= 11 is 1.32. The molecule has 0 bridgehead atoms. The van der Waals surface area contributed by atoms with Crippen molar-refractivity contribution in [3.8, 4) is 0 Å². The SMILES string of the molecule is Cc1cc(B(O)O)sc1B1OC(C)(C)C(C)(C)O1. The minimum atomic E-state index is -1.44. The van der Waals surface area contributed by atoms with Crippen molar-refractivity contribution in [3.63, 3.8) is 0 Å². The van der Waals surface area contributed by atoms with E-state index in [0.717, 1.165) is 10.3 Å². The highest BCUT2D eigenvalue weighted by Gasteiger charge is 2.52. The molecule has 2 heterocycles. The summed E-state index contributed by atoms with van der Waals surface area (Å²) < 4.78 is 13.3. The van der Waals surface area contributed by atoms with Gasteiger partial charge in [-0.3, -0.25) is 0 Å². The molecule has 0 spiro atoms. The van der Waals surface area contributed by atoms with Crippen LogP contribution in [0, 0.1) is 6.92 Å². The van der Waals surface area contributed by atoms with Crippen LogP contribution in [0.5, 0.6) is 0 Å². The topological polar surface area (TPSA) is 58.9 Å². The van der Waals surface area contributed by atoms with Crippen molar-refractivity contribution < 1.29 is 19.4 Å². The first-order chi connectivity index (χ1) is 8.14. The van der Waals surface area contributed by atoms with E-state index >= 15 is 0 Å². The number of rotatable bonds is 2. The van der Waals surface area contributed by atoms with Gasteiger partial charge in [0, 0.05) is 9.55 Å². The smallest absolute Gasteiger partial charge is 0.423 e. The highest BCUT2D eigenvalue weighted by Crippen LogP contribution is 2.36. The van der Waals surface area contributed by atoms with Crippen LogP contribution in [0.3, 0.4) is 0 Å². The Bertz CT molecular complexity index is 440. The molecule has 1 fully saturated rings. The number of hydrogen-bond acceptors (Lipinski definition) is 5. The van der Waals surface area contributed by atoms with Crippen molar-refractivity contribution in [3.05, 3.63) is 11.6 Å². The lowest BCUT2D eigenvalue weighted by Crippen LogP contribution is -2.41. The van der Waals surface area contributed by atoms with Gasteiger partial charge < -0.3 is 19.4 Å². The summed E-state index contributed by atoms with van der Waals surface area (Å²) in [6.45, 7) is 9.91. The predicted octanol–water partition coefficient (Wildman–Crippen LogP) is 0.0355. The number of thiophene rings is 1. The fourth-order valence-corrected chi connectivity index (χ4v) is 2.84. The minimum absolute atomic E-state index is 0.383. The van der Waals surface area contributed by atoms with Crippen LogP contribution >= 0.6 is 11.3 Å². The van der Waals surface area contributed by atoms with E-state index in [-0.39, 0.29) is 11.2 Å². The molecule has 2 N–H and O–H groups in total. The summed E-state index contributed by atoms with van der Waals surface area (Å²) in [6.07, 6.45) is 0. The molecule has 4 nitrogen and oxygen atoms in total. The molecule has 0 aliphatic carbocycles. The maximum absolute atomic E-state index is 9.19. The van der Waals surface area contributed by atoms with Crippen LogP contribution in [-0.4, -0.2) is 35.5 Å². The molecule has 0 atom stereocenters. The Kier molecular flexibility index (Phi) is 3.41. The van der Waals surface area contributed by atoms with E-state index in [2.05, 4.69) is 0 Å². The van der Waals surface area contributed by atoms with E-state index in [9.17, 15) is 10.0 Å². The largest absolute Gasteiger partial charge is 0.505 e. The second-order valence-electron chi connectivity index (χ2n) is 5.66. The fourth-order valence-electron chi connectivity index (χ4n) is 1.83. The molecule has 2 rings (SSSR count). The molecule has 0 amide bonds. The molecule has 0 radical (unpaired) electrons. The van der Waals surface area contributed by atoms with Gasteiger partial charge in [0.1, 0.15) is 0 Å². The average molecular weight is 268 g/mol. The Morgan fingerprint density at radius 1 is 1.17 bits per heavy atom. The molecule has 1 aromatic heterocycles. The van der Waals surface area contributed by atoms with Gasteiger partial charge in [0.15, 0.2) is 0 Å². The quantitative estimate of drug-likeness (QED) is 0.743. The van der Waals surface area contributed by atoms with E-state index in [1.165, 1.54) is 11.3 Å². The number of aryl methyl sites for hydroxylation is 1. The lowest BCUT2D eigenvalue weighted by atomic mass is 9.83. The Morgan fingerprint density at radius 2 is 1.67 bits per heavy atom. The molecule has 0 unspecified atom stereocenters. The van der Waals surface area contributed by atoms with Crippen LogP contribution in [0.4, 0.5) is 0 Å². The van der Waals surface area contributed by atoms with Gasteiger partial charge in [0.05, 0.1) is 11.2 Å². The highest BCUT2D eigenvalue weighted by atomic mass is 32.1. The van der Waals surface area contributed by atoms with Crippen molar-refractivity contribution in [1.29, 1.82) is 0 Å². The predicted molar refractivity (Wildman–Crippen MR) is 74.6 cm³/mol. The Hall–Kier alpha value is -0.330. The van der Waals surface area contributed by atoms with E-state index in [0.29, 0.717) is 4.78 Å². The summed E-state index contributed by atoms with van der Waals surface area (Å²) in [5, 5.41) is 18.4. The Balaban J connectivity index is 2.30. The van der Waals surface area contributed by atoms with Crippen LogP contribution < -0.4 is 9.55 Å². The van der Waals surface area contributed by atoms with Gasteiger partial charge >= 0.3 is 14.2 Å². The second kappa shape index (κ2) is 4.35. The maximum atomic E-state index is 9.19. The van der Waals surface area contributed by atoms with Gasteiger partial charge in [-0.25, -0.2) is 0 Å². The van der Waals surface area contributed by atoms with Crippen molar-refractivity contribution in [2.45, 2.75) is 45.8 Å². The average Bonchev–Trinajstić information content (AvgIpc) is 2.66. The van der Waals surface area contributed by atoms with Crippen molar-refractivity contribution in [2.24, 2.45) is 0 Å². The molecular weight excluding hydrogens is 250 g/mol. The lowest BCUT2D eigenvalue weighted by Gasteiger charge is -2.32. The first kappa shape index (κ1) is 14.1. The van der Waals surface area contributed by atoms with Crippen LogP contribution in [0.1, 0.15) is 33.3 Å². The second-order valence-corrected chi connectivity index (χ2v) is 6.77. The zero-order valence-corrected chi connectivity index (χ0v) is 12.2. The fraction of sp³-hybridized carbons (Fsp3) is 0.636. The zero-order valence-electron chi connectivity index (χ0n) is 11.4. The van der Waals surface area contributed by atoms with Crippen LogP contribution in [0.25, 0.3) is 0 Å². The maximum Gasteiger partial charge on any atom is 0.505 e. The van der Waals surface area contributed by atoms with Gasteiger partial charge in [0.25, 0.3) is 0 Å². The van der Waals surface area contributed by atoms with Crippen LogP contribution in [0.15, 0.2) is 6.07 Å². The van der Waals surface area contributed by atoms with Crippen molar-refractivity contribution in [2.75, 3.05) is 0 Å². The lowest BCUT2D eigenvalue weighted by molar-refractivity contribution is 0.00578. The van der Waals surface area contributed by atoms with Gasteiger partial charge in [-0.1, -0.05) is 0 Å². The van der Waals surface area contributed by atoms with Crippen molar-refractivity contribution in [1.82, 2.24) is 0 Å². The van der Waals surface area contributed by atoms with E-state index < -0.39 is 14.2 Å². The molecule has 7 heteroatoms. The highest BCUT2D eigenvalue weighted by molar-refractivity contribution is 7.30. The van der Waals surface area contributed by atoms with E-state index in [4.69, 9.17) is 9.31 Å². The minimum Gasteiger partial charge on any atom is -0.423 e. The third kappa shape index (κ3) is 2.26. The van der Waals surface area contributed by atoms with Gasteiger partial charge in [0.2, 0.25) is 0 Å². The molecule has 1 aliphatic rings. The molecule has 98 valence electrons. The number of hydrogen-bond donors (Lipinski definition) is 2. The molecule has 0 aromatic carbocycles. The van der Waals surface area contributed by atoms with Crippen LogP contribution in [-0.2, 0) is 9.31 Å². The Morgan fingerprint density at radius 3 is 2.06 bits per heavy atom. The first-order valence-corrected chi connectivity index (χ1v) is 6.78. The molecule has 1 aliphatic heterocycles. The third-order valence-corrected chi connectivity index (χ3v) is 5.00. The normalized spacial score (nSPS) is 21.4. The van der Waals surface area contributed by atoms with E-state index in [1.54, 1.807) is 6.07 Å². The first-order valence-electron chi connectivity index (χ1n) is 5.96. The standard InChI is InChI=1S/C11H18B2O4S/c1-7-6-8(12(14)15)18-9(7)13-16-10(2,3)11(4,5)17-13/h6,14-15H,1-5H3. The molecule has 18 heavy (non-hydrogen) atoms. The summed E-state index contributed by atoms with van der Waals surface area (Å²) in [6, 6.07) is 1.76. The van der Waals surface area contributed by atoms with Gasteiger partial charge in [-0.05, 0) is 46.2 Å². The monoisotopic (exact) mass is 268 g/mol. The van der Waals surface area contributed by atoms with E-state index in [1.807, 2.05) is 34.6 Å². The van der Waals surface area contributed by atoms with Crippen LogP contribution in [0.2, 0.25) is 0 Å². The molecular formula is C11H18B2O4S. The Labute approximate surface area is 112 Å². The molecule has 0 saturated carbocycles. The summed E-state index contributed by atoms with van der Waals surface area (Å²) in [4.78, 5) is 0. The third-order valence-electron chi connectivity index (χ3n) is 3.70. The summed E-state index contributed by atoms with van der Waals surface area (Å²) in [5.41, 5.74) is 0.194. The molecule has 1 saturated heterocycles. The molecule has 1 aromatic rings. The summed E-state index contributed by atoms with van der Waals surface area (Å²) in [7, 11) is -1.88. The van der Waals surface area contributed by atoms with Gasteiger partial charge in [-0.2, -0.15) is 11.3 Å². The van der Waals surface area contributed by atoms with Crippen molar-refractivity contribution >= 4 is 35.1 Å². The summed E-state index contributed by atoms with van der Waals surface area (Å²) in [5.74, 6) is 0. The van der Waals surface area contributed by atoms with Gasteiger partial charge in [-0.15, -0.1) is 0 Å².